The summed E-state index contributed by atoms with van der Waals surface area (Å²) >= 11 is 6.56. The average molecular weight is 410 g/mol. The molecule has 152 valence electrons. The van der Waals surface area contributed by atoms with Crippen LogP contribution in [0.2, 0.25) is 5.02 Å². The second kappa shape index (κ2) is 10.3. The number of nitrogens with one attached hydrogen (secondary N) is 1. The van der Waals surface area contributed by atoms with E-state index in [1.807, 2.05) is 37.3 Å². The van der Waals surface area contributed by atoms with Crippen molar-refractivity contribution >= 4 is 11.6 Å². The number of hydrogen-bond acceptors (Lipinski definition) is 3. The maximum absolute atomic E-state index is 6.56. The van der Waals surface area contributed by atoms with Crippen LogP contribution < -0.4 is 14.8 Å². The van der Waals surface area contributed by atoms with Gasteiger partial charge in [-0.25, -0.2) is 0 Å². The molecule has 1 atom stereocenters. The fourth-order valence-corrected chi connectivity index (χ4v) is 3.28. The summed E-state index contributed by atoms with van der Waals surface area (Å²) in [6.45, 7) is 7.87. The number of benzene rings is 3. The predicted octanol–water partition coefficient (Wildman–Crippen LogP) is 6.48. The van der Waals surface area contributed by atoms with Crippen LogP contribution in [-0.4, -0.2) is 6.61 Å². The monoisotopic (exact) mass is 409 g/mol. The maximum atomic E-state index is 6.56. The van der Waals surface area contributed by atoms with Crippen LogP contribution in [-0.2, 0) is 13.2 Å². The van der Waals surface area contributed by atoms with Crippen LogP contribution in [0.4, 0.5) is 0 Å². The van der Waals surface area contributed by atoms with E-state index in [0.29, 0.717) is 36.3 Å². The Morgan fingerprint density at radius 2 is 1.62 bits per heavy atom. The Balaban J connectivity index is 1.70. The molecule has 0 saturated heterocycles. The zero-order valence-electron chi connectivity index (χ0n) is 17.2. The lowest BCUT2D eigenvalue weighted by molar-refractivity contribution is 0.269. The Labute approximate surface area is 178 Å². The van der Waals surface area contributed by atoms with Gasteiger partial charge in [-0.15, -0.1) is 0 Å². The van der Waals surface area contributed by atoms with Crippen LogP contribution in [0.15, 0.2) is 66.7 Å². The van der Waals surface area contributed by atoms with E-state index >= 15 is 0 Å². The third-order valence-electron chi connectivity index (χ3n) is 4.83. The maximum Gasteiger partial charge on any atom is 0.163 e. The second-order valence-electron chi connectivity index (χ2n) is 7.11. The molecule has 0 aliphatic heterocycles. The van der Waals surface area contributed by atoms with E-state index in [4.69, 9.17) is 21.1 Å². The van der Waals surface area contributed by atoms with Gasteiger partial charge in [-0.3, -0.25) is 0 Å². The molecule has 0 spiro atoms. The summed E-state index contributed by atoms with van der Waals surface area (Å²) in [4.78, 5) is 0. The first-order valence-corrected chi connectivity index (χ1v) is 10.4. The highest BCUT2D eigenvalue weighted by Crippen LogP contribution is 2.34. The number of halogens is 1. The Bertz CT molecular complexity index is 910. The highest BCUT2D eigenvalue weighted by molar-refractivity contribution is 6.31. The molecule has 0 aliphatic rings. The van der Waals surface area contributed by atoms with Gasteiger partial charge < -0.3 is 14.8 Å². The van der Waals surface area contributed by atoms with Crippen molar-refractivity contribution in [2.45, 2.75) is 40.0 Å². The SMILES string of the molecule is CCOc1cc(CNC(C)c2ccccc2)c(Cl)cc1OCc1ccc(C)cc1. The summed E-state index contributed by atoms with van der Waals surface area (Å²) in [5.74, 6) is 1.38. The number of ether oxygens (including phenoxy) is 2. The van der Waals surface area contributed by atoms with Crippen LogP contribution in [0.1, 0.15) is 42.1 Å². The number of aryl methyl sites for hydroxylation is 1. The molecular formula is C25H28ClNO2. The molecule has 29 heavy (non-hydrogen) atoms. The van der Waals surface area contributed by atoms with Crippen LogP contribution >= 0.6 is 11.6 Å². The fraction of sp³-hybridized carbons (Fsp3) is 0.280. The zero-order valence-corrected chi connectivity index (χ0v) is 18.0. The molecule has 0 heterocycles. The minimum Gasteiger partial charge on any atom is -0.490 e. The van der Waals surface area contributed by atoms with Crippen molar-refractivity contribution in [3.63, 3.8) is 0 Å². The Kier molecular flexibility index (Phi) is 7.56. The minimum atomic E-state index is 0.222. The second-order valence-corrected chi connectivity index (χ2v) is 7.52. The number of rotatable bonds is 9. The fourth-order valence-electron chi connectivity index (χ4n) is 3.06. The van der Waals surface area contributed by atoms with Gasteiger partial charge >= 0.3 is 0 Å². The molecule has 3 rings (SSSR count). The van der Waals surface area contributed by atoms with E-state index in [9.17, 15) is 0 Å². The van der Waals surface area contributed by atoms with Crippen molar-refractivity contribution in [1.82, 2.24) is 5.32 Å². The summed E-state index contributed by atoms with van der Waals surface area (Å²) in [5.41, 5.74) is 4.57. The molecule has 3 nitrogen and oxygen atoms in total. The molecule has 0 saturated carbocycles. The van der Waals surface area contributed by atoms with E-state index in [1.54, 1.807) is 0 Å². The van der Waals surface area contributed by atoms with Crippen molar-refractivity contribution in [2.75, 3.05) is 6.61 Å². The molecule has 0 amide bonds. The lowest BCUT2D eigenvalue weighted by Gasteiger charge is -2.18. The van der Waals surface area contributed by atoms with Crippen molar-refractivity contribution < 1.29 is 9.47 Å². The molecule has 4 heteroatoms. The molecular weight excluding hydrogens is 382 g/mol. The standard InChI is InChI=1S/C25H28ClNO2/c1-4-28-24-14-22(16-27-19(3)21-8-6-5-7-9-21)23(26)15-25(24)29-17-20-12-10-18(2)11-13-20/h5-15,19,27H,4,16-17H2,1-3H3. The molecule has 0 radical (unpaired) electrons. The third-order valence-corrected chi connectivity index (χ3v) is 5.18. The van der Waals surface area contributed by atoms with E-state index in [0.717, 1.165) is 11.1 Å². The van der Waals surface area contributed by atoms with Gasteiger partial charge in [0.1, 0.15) is 6.61 Å². The topological polar surface area (TPSA) is 30.5 Å². The van der Waals surface area contributed by atoms with Crippen molar-refractivity contribution in [3.8, 4) is 11.5 Å². The van der Waals surface area contributed by atoms with E-state index in [-0.39, 0.29) is 6.04 Å². The predicted molar refractivity (Wildman–Crippen MR) is 120 cm³/mol. The van der Waals surface area contributed by atoms with Gasteiger partial charge in [-0.1, -0.05) is 71.8 Å². The van der Waals surface area contributed by atoms with Crippen molar-refractivity contribution in [3.05, 3.63) is 94.0 Å². The van der Waals surface area contributed by atoms with Crippen LogP contribution in [0.5, 0.6) is 11.5 Å². The first-order valence-electron chi connectivity index (χ1n) is 9.98. The first kappa shape index (κ1) is 21.2. The summed E-state index contributed by atoms with van der Waals surface area (Å²) in [6, 6.07) is 22.7. The Morgan fingerprint density at radius 3 is 2.31 bits per heavy atom. The van der Waals surface area contributed by atoms with Crippen LogP contribution in [0, 0.1) is 6.92 Å². The molecule has 0 aliphatic carbocycles. The van der Waals surface area contributed by atoms with Gasteiger partial charge in [0.25, 0.3) is 0 Å². The molecule has 1 unspecified atom stereocenters. The Morgan fingerprint density at radius 1 is 0.931 bits per heavy atom. The third kappa shape index (κ3) is 5.99. The lowest BCUT2D eigenvalue weighted by Crippen LogP contribution is -2.18. The summed E-state index contributed by atoms with van der Waals surface area (Å²) in [7, 11) is 0. The smallest absolute Gasteiger partial charge is 0.163 e. The van der Waals surface area contributed by atoms with Crippen LogP contribution in [0.3, 0.4) is 0 Å². The van der Waals surface area contributed by atoms with E-state index in [2.05, 4.69) is 55.6 Å². The van der Waals surface area contributed by atoms with E-state index < -0.39 is 0 Å². The van der Waals surface area contributed by atoms with Gasteiger partial charge in [-0.2, -0.15) is 0 Å². The molecule has 0 aromatic heterocycles. The van der Waals surface area contributed by atoms with Gasteiger partial charge in [-0.05, 0) is 43.5 Å². The Hall–Kier alpha value is -2.49. The largest absolute Gasteiger partial charge is 0.490 e. The minimum absolute atomic E-state index is 0.222. The average Bonchev–Trinajstić information content (AvgIpc) is 2.74. The summed E-state index contributed by atoms with van der Waals surface area (Å²) in [6.07, 6.45) is 0. The van der Waals surface area contributed by atoms with Crippen molar-refractivity contribution in [1.29, 1.82) is 0 Å². The van der Waals surface area contributed by atoms with Crippen LogP contribution in [0.25, 0.3) is 0 Å². The lowest BCUT2D eigenvalue weighted by atomic mass is 10.1. The highest BCUT2D eigenvalue weighted by Gasteiger charge is 2.13. The zero-order chi connectivity index (χ0) is 20.6. The van der Waals surface area contributed by atoms with Gasteiger partial charge in [0.15, 0.2) is 11.5 Å². The molecule has 1 N–H and O–H groups in total. The van der Waals surface area contributed by atoms with Gasteiger partial charge in [0, 0.05) is 23.7 Å². The summed E-state index contributed by atoms with van der Waals surface area (Å²) in [5, 5.41) is 4.19. The number of hydrogen-bond donors (Lipinski definition) is 1. The molecule has 3 aromatic rings. The van der Waals surface area contributed by atoms with Crippen molar-refractivity contribution in [2.24, 2.45) is 0 Å². The van der Waals surface area contributed by atoms with E-state index in [1.165, 1.54) is 11.1 Å². The van der Waals surface area contributed by atoms with Gasteiger partial charge in [0.05, 0.1) is 6.61 Å². The summed E-state index contributed by atoms with van der Waals surface area (Å²) < 4.78 is 11.8. The van der Waals surface area contributed by atoms with Gasteiger partial charge in [0.2, 0.25) is 0 Å². The molecule has 0 fully saturated rings. The normalized spacial score (nSPS) is 11.9. The highest BCUT2D eigenvalue weighted by atomic mass is 35.5. The molecule has 0 bridgehead atoms. The first-order chi connectivity index (χ1) is 14.1. The molecule has 3 aromatic carbocycles. The quantitative estimate of drug-likeness (QED) is 0.439.